The zero-order chi connectivity index (χ0) is 14.8. The van der Waals surface area contributed by atoms with E-state index >= 15 is 0 Å². The molecule has 1 aromatic heterocycles. The number of nitrogens with one attached hydrogen (secondary N) is 1. The molecule has 0 amide bonds. The molecule has 0 radical (unpaired) electrons. The number of hydrogen-bond donors (Lipinski definition) is 1. The van der Waals surface area contributed by atoms with Crippen molar-refractivity contribution >= 4 is 11.0 Å². The van der Waals surface area contributed by atoms with E-state index in [1.807, 2.05) is 18.2 Å². The molecular weight excluding hydrogens is 258 g/mol. The zero-order valence-electron chi connectivity index (χ0n) is 12.8. The number of furan rings is 1. The van der Waals surface area contributed by atoms with E-state index < -0.39 is 0 Å². The minimum absolute atomic E-state index is 0.500. The Morgan fingerprint density at radius 3 is 2.57 bits per heavy atom. The molecule has 2 heteroatoms. The molecular formula is C19H21NO. The third-order valence-corrected chi connectivity index (χ3v) is 3.70. The van der Waals surface area contributed by atoms with E-state index in [0.29, 0.717) is 6.04 Å². The molecule has 2 nitrogen and oxygen atoms in total. The standard InChI is InChI=1S/C19H21NO/c1-13(2)20-12-15-8-9-17(14(3)10-15)19-11-16-6-4-5-7-18(16)21-19/h4-11,13,20H,12H2,1-3H3. The van der Waals surface area contributed by atoms with Gasteiger partial charge < -0.3 is 9.73 Å². The van der Waals surface area contributed by atoms with Crippen molar-refractivity contribution in [2.24, 2.45) is 0 Å². The largest absolute Gasteiger partial charge is 0.456 e. The first-order chi connectivity index (χ1) is 10.1. The molecule has 108 valence electrons. The summed E-state index contributed by atoms with van der Waals surface area (Å²) in [7, 11) is 0. The number of hydrogen-bond acceptors (Lipinski definition) is 2. The number of benzene rings is 2. The van der Waals surface area contributed by atoms with E-state index in [1.165, 1.54) is 16.7 Å². The van der Waals surface area contributed by atoms with Gasteiger partial charge in [-0.2, -0.15) is 0 Å². The monoisotopic (exact) mass is 279 g/mol. The van der Waals surface area contributed by atoms with Crippen molar-refractivity contribution in [1.82, 2.24) is 5.32 Å². The van der Waals surface area contributed by atoms with Crippen LogP contribution in [0.3, 0.4) is 0 Å². The van der Waals surface area contributed by atoms with Crippen molar-refractivity contribution in [2.45, 2.75) is 33.4 Å². The van der Waals surface area contributed by atoms with Crippen molar-refractivity contribution in [2.75, 3.05) is 0 Å². The van der Waals surface area contributed by atoms with Crippen LogP contribution in [0, 0.1) is 6.92 Å². The van der Waals surface area contributed by atoms with Gasteiger partial charge in [0.15, 0.2) is 0 Å². The van der Waals surface area contributed by atoms with E-state index in [0.717, 1.165) is 23.3 Å². The lowest BCUT2D eigenvalue weighted by Crippen LogP contribution is -2.21. The number of aryl methyl sites for hydroxylation is 1. The van der Waals surface area contributed by atoms with Crippen LogP contribution in [-0.4, -0.2) is 6.04 Å². The van der Waals surface area contributed by atoms with E-state index in [9.17, 15) is 0 Å². The highest BCUT2D eigenvalue weighted by molar-refractivity contribution is 5.83. The highest BCUT2D eigenvalue weighted by atomic mass is 16.3. The summed E-state index contributed by atoms with van der Waals surface area (Å²) in [6.07, 6.45) is 0. The molecule has 0 bridgehead atoms. The molecule has 1 N–H and O–H groups in total. The van der Waals surface area contributed by atoms with Crippen LogP contribution in [0.1, 0.15) is 25.0 Å². The van der Waals surface area contributed by atoms with Crippen molar-refractivity contribution in [3.63, 3.8) is 0 Å². The number of rotatable bonds is 4. The van der Waals surface area contributed by atoms with Crippen LogP contribution >= 0.6 is 0 Å². The maximum Gasteiger partial charge on any atom is 0.135 e. The molecule has 0 saturated heterocycles. The first kappa shape index (κ1) is 13.9. The second kappa shape index (κ2) is 5.74. The Hall–Kier alpha value is -2.06. The highest BCUT2D eigenvalue weighted by Gasteiger charge is 2.09. The fraction of sp³-hybridized carbons (Fsp3) is 0.263. The average molecular weight is 279 g/mol. The minimum Gasteiger partial charge on any atom is -0.456 e. The van der Waals surface area contributed by atoms with E-state index in [-0.39, 0.29) is 0 Å². The lowest BCUT2D eigenvalue weighted by Gasteiger charge is -2.10. The second-order valence-electron chi connectivity index (χ2n) is 5.83. The molecule has 0 saturated carbocycles. The number of fused-ring (bicyclic) bond motifs is 1. The van der Waals surface area contributed by atoms with Gasteiger partial charge in [-0.1, -0.05) is 50.2 Å². The Kier molecular flexibility index (Phi) is 3.80. The lowest BCUT2D eigenvalue weighted by molar-refractivity contribution is 0.588. The van der Waals surface area contributed by atoms with Crippen LogP contribution in [0.4, 0.5) is 0 Å². The van der Waals surface area contributed by atoms with Crippen LogP contribution in [0.5, 0.6) is 0 Å². The third kappa shape index (κ3) is 3.01. The van der Waals surface area contributed by atoms with Gasteiger partial charge in [0.25, 0.3) is 0 Å². The molecule has 0 spiro atoms. The summed E-state index contributed by atoms with van der Waals surface area (Å²) in [6.45, 7) is 7.37. The predicted octanol–water partition coefficient (Wildman–Crippen LogP) is 4.91. The predicted molar refractivity (Wildman–Crippen MR) is 88.4 cm³/mol. The van der Waals surface area contributed by atoms with Crippen molar-refractivity contribution in [3.8, 4) is 11.3 Å². The summed E-state index contributed by atoms with van der Waals surface area (Å²) in [5.41, 5.74) is 4.66. The molecule has 21 heavy (non-hydrogen) atoms. The van der Waals surface area contributed by atoms with Crippen molar-refractivity contribution in [1.29, 1.82) is 0 Å². The van der Waals surface area contributed by atoms with E-state index in [2.05, 4.69) is 56.4 Å². The van der Waals surface area contributed by atoms with Gasteiger partial charge in [0, 0.05) is 23.5 Å². The van der Waals surface area contributed by atoms with Gasteiger partial charge >= 0.3 is 0 Å². The molecule has 2 aromatic carbocycles. The Labute approximate surface area is 125 Å². The molecule has 1 heterocycles. The van der Waals surface area contributed by atoms with Gasteiger partial charge in [0.1, 0.15) is 11.3 Å². The van der Waals surface area contributed by atoms with Crippen molar-refractivity contribution < 1.29 is 4.42 Å². The quantitative estimate of drug-likeness (QED) is 0.734. The normalized spacial score (nSPS) is 11.4. The van der Waals surface area contributed by atoms with Crippen LogP contribution in [0.25, 0.3) is 22.3 Å². The molecule has 0 aliphatic carbocycles. The Morgan fingerprint density at radius 2 is 1.86 bits per heavy atom. The SMILES string of the molecule is Cc1cc(CNC(C)C)ccc1-c1cc2ccccc2o1. The van der Waals surface area contributed by atoms with Crippen LogP contribution in [-0.2, 0) is 6.54 Å². The molecule has 0 atom stereocenters. The molecule has 0 unspecified atom stereocenters. The zero-order valence-corrected chi connectivity index (χ0v) is 12.8. The lowest BCUT2D eigenvalue weighted by atomic mass is 10.0. The summed E-state index contributed by atoms with van der Waals surface area (Å²) in [5.74, 6) is 0.942. The van der Waals surface area contributed by atoms with Gasteiger partial charge in [0.2, 0.25) is 0 Å². The maximum absolute atomic E-state index is 5.96. The molecule has 0 fully saturated rings. The summed E-state index contributed by atoms with van der Waals surface area (Å²) < 4.78 is 5.96. The molecule has 0 aliphatic rings. The fourth-order valence-electron chi connectivity index (χ4n) is 2.55. The van der Waals surface area contributed by atoms with Crippen LogP contribution < -0.4 is 5.32 Å². The second-order valence-corrected chi connectivity index (χ2v) is 5.83. The van der Waals surface area contributed by atoms with Crippen molar-refractivity contribution in [3.05, 3.63) is 59.7 Å². The topological polar surface area (TPSA) is 25.2 Å². The van der Waals surface area contributed by atoms with Gasteiger partial charge in [-0.3, -0.25) is 0 Å². The first-order valence-electron chi connectivity index (χ1n) is 7.45. The molecule has 0 aliphatic heterocycles. The van der Waals surface area contributed by atoms with Gasteiger partial charge in [-0.05, 0) is 30.2 Å². The van der Waals surface area contributed by atoms with Crippen LogP contribution in [0.15, 0.2) is 52.9 Å². The third-order valence-electron chi connectivity index (χ3n) is 3.70. The summed E-state index contributed by atoms with van der Waals surface area (Å²) >= 11 is 0. The first-order valence-corrected chi connectivity index (χ1v) is 7.45. The Bertz CT molecular complexity index is 722. The Morgan fingerprint density at radius 1 is 1.05 bits per heavy atom. The van der Waals surface area contributed by atoms with E-state index in [4.69, 9.17) is 4.42 Å². The summed E-state index contributed by atoms with van der Waals surface area (Å²) in [4.78, 5) is 0. The maximum atomic E-state index is 5.96. The van der Waals surface area contributed by atoms with Gasteiger partial charge in [-0.15, -0.1) is 0 Å². The summed E-state index contributed by atoms with van der Waals surface area (Å²) in [5, 5.41) is 4.60. The smallest absolute Gasteiger partial charge is 0.135 e. The molecule has 3 rings (SSSR count). The highest BCUT2D eigenvalue weighted by Crippen LogP contribution is 2.30. The van der Waals surface area contributed by atoms with Gasteiger partial charge in [-0.25, -0.2) is 0 Å². The summed E-state index contributed by atoms with van der Waals surface area (Å²) in [6, 6.07) is 17.3. The Balaban J connectivity index is 1.91. The number of para-hydroxylation sites is 1. The fourth-order valence-corrected chi connectivity index (χ4v) is 2.55. The average Bonchev–Trinajstić information content (AvgIpc) is 2.88. The van der Waals surface area contributed by atoms with Crippen LogP contribution in [0.2, 0.25) is 0 Å². The molecule has 3 aromatic rings. The van der Waals surface area contributed by atoms with Gasteiger partial charge in [0.05, 0.1) is 0 Å². The van der Waals surface area contributed by atoms with E-state index in [1.54, 1.807) is 0 Å². The minimum atomic E-state index is 0.500.